The molecule has 0 saturated carbocycles. The Balaban J connectivity index is 2.11. The third kappa shape index (κ3) is 3.35. The van der Waals surface area contributed by atoms with Crippen molar-refractivity contribution in [2.24, 2.45) is 5.92 Å². The van der Waals surface area contributed by atoms with Gasteiger partial charge < -0.3 is 15.2 Å². The Morgan fingerprint density at radius 2 is 2.40 bits per heavy atom. The third-order valence-corrected chi connectivity index (χ3v) is 3.18. The molecule has 5 heteroatoms. The summed E-state index contributed by atoms with van der Waals surface area (Å²) in [5.41, 5.74) is 0.596. The lowest BCUT2D eigenvalue weighted by Crippen LogP contribution is -2.31. The molecule has 2 rings (SSSR count). The molecule has 1 heterocycles. The van der Waals surface area contributed by atoms with Crippen molar-refractivity contribution in [2.75, 3.05) is 18.5 Å². The summed E-state index contributed by atoms with van der Waals surface area (Å²) >= 11 is 0. The van der Waals surface area contributed by atoms with E-state index in [0.717, 1.165) is 6.42 Å². The molecule has 0 aromatic heterocycles. The van der Waals surface area contributed by atoms with Gasteiger partial charge in [-0.2, -0.15) is 0 Å². The minimum Gasteiger partial charge on any atom is -0.384 e. The fourth-order valence-corrected chi connectivity index (χ4v) is 2.08. The summed E-state index contributed by atoms with van der Waals surface area (Å²) in [7, 11) is 0. The fourth-order valence-electron chi connectivity index (χ4n) is 2.08. The summed E-state index contributed by atoms with van der Waals surface area (Å²) in [5, 5.41) is 11.3. The average Bonchev–Trinajstić information content (AvgIpc) is 2.85. The molecule has 1 saturated heterocycles. The largest absolute Gasteiger partial charge is 0.384 e. The molecule has 2 N–H and O–H groups in total. The quantitative estimate of drug-likeness (QED) is 0.806. The highest BCUT2D eigenvalue weighted by Crippen LogP contribution is 2.22. The Labute approximate surface area is 116 Å². The van der Waals surface area contributed by atoms with E-state index >= 15 is 0 Å². The molecule has 0 spiro atoms. The predicted octanol–water partition coefficient (Wildman–Crippen LogP) is 1.53. The van der Waals surface area contributed by atoms with Gasteiger partial charge in [-0.15, -0.1) is 0 Å². The van der Waals surface area contributed by atoms with Crippen LogP contribution in [0.2, 0.25) is 0 Å². The fraction of sp³-hybridized carbons (Fsp3) is 0.400. The first-order valence-corrected chi connectivity index (χ1v) is 6.43. The number of carbonyl (C=O) groups excluding carboxylic acids is 1. The maximum atomic E-state index is 13.5. The molecule has 0 bridgehead atoms. The molecule has 1 fully saturated rings. The number of nitrogens with one attached hydrogen (secondary N) is 1. The highest BCUT2D eigenvalue weighted by atomic mass is 19.1. The van der Waals surface area contributed by atoms with Crippen molar-refractivity contribution in [1.82, 2.24) is 0 Å². The molecule has 1 aromatic rings. The second kappa shape index (κ2) is 6.51. The number of aliphatic hydroxyl groups is 1. The third-order valence-electron chi connectivity index (χ3n) is 3.18. The van der Waals surface area contributed by atoms with Gasteiger partial charge in [-0.25, -0.2) is 4.39 Å². The molecular weight excluding hydrogens is 261 g/mol. The van der Waals surface area contributed by atoms with Gasteiger partial charge in [-0.3, -0.25) is 4.79 Å². The molecule has 0 radical (unpaired) electrons. The molecule has 20 heavy (non-hydrogen) atoms. The van der Waals surface area contributed by atoms with Crippen LogP contribution in [0.1, 0.15) is 18.9 Å². The van der Waals surface area contributed by atoms with Crippen LogP contribution in [0.4, 0.5) is 10.1 Å². The van der Waals surface area contributed by atoms with E-state index in [2.05, 4.69) is 17.2 Å². The van der Waals surface area contributed by atoms with Gasteiger partial charge in [0, 0.05) is 12.3 Å². The summed E-state index contributed by atoms with van der Waals surface area (Å²) in [6.07, 6.45) is 0.390. The van der Waals surface area contributed by atoms with Crippen LogP contribution < -0.4 is 5.32 Å². The molecular formula is C15H16FNO3. The number of halogens is 1. The molecule has 2 unspecified atom stereocenters. The van der Waals surface area contributed by atoms with E-state index in [1.807, 2.05) is 6.92 Å². The average molecular weight is 277 g/mol. The van der Waals surface area contributed by atoms with Crippen molar-refractivity contribution in [3.8, 4) is 11.8 Å². The lowest BCUT2D eigenvalue weighted by atomic mass is 10.0. The second-order valence-corrected chi connectivity index (χ2v) is 4.70. The minimum absolute atomic E-state index is 0.136. The monoisotopic (exact) mass is 277 g/mol. The molecule has 1 aliphatic rings. The zero-order valence-corrected chi connectivity index (χ0v) is 11.1. The molecule has 0 aliphatic carbocycles. The summed E-state index contributed by atoms with van der Waals surface area (Å²) in [4.78, 5) is 12.0. The smallest absolute Gasteiger partial charge is 0.253 e. The highest BCUT2D eigenvalue weighted by Gasteiger charge is 2.30. The van der Waals surface area contributed by atoms with Crippen molar-refractivity contribution >= 4 is 11.6 Å². The molecule has 4 nitrogen and oxygen atoms in total. The van der Waals surface area contributed by atoms with Crippen LogP contribution in [0, 0.1) is 23.6 Å². The van der Waals surface area contributed by atoms with Crippen molar-refractivity contribution in [1.29, 1.82) is 0 Å². The zero-order chi connectivity index (χ0) is 14.5. The lowest BCUT2D eigenvalue weighted by molar-refractivity contribution is -0.126. The zero-order valence-electron chi connectivity index (χ0n) is 11.1. The van der Waals surface area contributed by atoms with Gasteiger partial charge in [-0.1, -0.05) is 18.8 Å². The van der Waals surface area contributed by atoms with Gasteiger partial charge in [0.15, 0.2) is 0 Å². The van der Waals surface area contributed by atoms with Crippen LogP contribution in [0.5, 0.6) is 0 Å². The van der Waals surface area contributed by atoms with Crippen molar-refractivity contribution in [3.63, 3.8) is 0 Å². The van der Waals surface area contributed by atoms with Gasteiger partial charge in [0.2, 0.25) is 0 Å². The first-order chi connectivity index (χ1) is 9.61. The van der Waals surface area contributed by atoms with E-state index in [4.69, 9.17) is 9.84 Å². The van der Waals surface area contributed by atoms with E-state index in [1.165, 1.54) is 18.2 Å². The molecule has 1 aromatic carbocycles. The number of amides is 1. The lowest BCUT2D eigenvalue weighted by Gasteiger charge is -2.14. The number of rotatable bonds is 2. The molecule has 106 valence electrons. The van der Waals surface area contributed by atoms with Crippen LogP contribution in [-0.2, 0) is 9.53 Å². The predicted molar refractivity (Wildman–Crippen MR) is 72.5 cm³/mol. The van der Waals surface area contributed by atoms with Gasteiger partial charge in [0.25, 0.3) is 5.91 Å². The van der Waals surface area contributed by atoms with E-state index in [1.54, 1.807) is 0 Å². The highest BCUT2D eigenvalue weighted by molar-refractivity contribution is 5.94. The van der Waals surface area contributed by atoms with E-state index in [9.17, 15) is 9.18 Å². The number of anilines is 1. The summed E-state index contributed by atoms with van der Waals surface area (Å²) in [6, 6.07) is 4.14. The van der Waals surface area contributed by atoms with Gasteiger partial charge >= 0.3 is 0 Å². The maximum absolute atomic E-state index is 13.5. The normalized spacial score (nSPS) is 21.1. The maximum Gasteiger partial charge on any atom is 0.253 e. The van der Waals surface area contributed by atoms with Crippen LogP contribution in [0.15, 0.2) is 18.2 Å². The number of hydrogen-bond acceptors (Lipinski definition) is 3. The van der Waals surface area contributed by atoms with E-state index in [0.29, 0.717) is 12.3 Å². The van der Waals surface area contributed by atoms with E-state index < -0.39 is 11.9 Å². The number of benzene rings is 1. The first kappa shape index (κ1) is 14.5. The Kier molecular flexibility index (Phi) is 4.72. The molecule has 1 aliphatic heterocycles. The summed E-state index contributed by atoms with van der Waals surface area (Å²) in [5.74, 6) is 4.32. The number of hydrogen-bond donors (Lipinski definition) is 2. The first-order valence-electron chi connectivity index (χ1n) is 6.43. The van der Waals surface area contributed by atoms with Crippen LogP contribution in [-0.4, -0.2) is 30.3 Å². The topological polar surface area (TPSA) is 58.6 Å². The Morgan fingerprint density at radius 1 is 1.60 bits per heavy atom. The van der Waals surface area contributed by atoms with Crippen LogP contribution in [0.3, 0.4) is 0 Å². The van der Waals surface area contributed by atoms with Gasteiger partial charge in [0.1, 0.15) is 18.5 Å². The summed E-state index contributed by atoms with van der Waals surface area (Å²) < 4.78 is 18.8. The van der Waals surface area contributed by atoms with Crippen LogP contribution >= 0.6 is 0 Å². The number of aliphatic hydroxyl groups excluding tert-OH is 1. The minimum atomic E-state index is -0.491. The SMILES string of the molecule is CC1CCOC1C(=O)Nc1ccc(F)c(C#CCO)c1. The molecule has 1 amide bonds. The van der Waals surface area contributed by atoms with E-state index in [-0.39, 0.29) is 24.0 Å². The Morgan fingerprint density at radius 3 is 3.05 bits per heavy atom. The number of carbonyl (C=O) groups is 1. The number of ether oxygens (including phenoxy) is 1. The Bertz CT molecular complexity index is 562. The van der Waals surface area contributed by atoms with Gasteiger partial charge in [-0.05, 0) is 30.5 Å². The van der Waals surface area contributed by atoms with Gasteiger partial charge in [0.05, 0.1) is 5.56 Å². The van der Waals surface area contributed by atoms with Crippen molar-refractivity contribution < 1.29 is 19.0 Å². The van der Waals surface area contributed by atoms with Crippen LogP contribution in [0.25, 0.3) is 0 Å². The standard InChI is InChI=1S/C15H16FNO3/c1-10-6-8-20-14(10)15(19)17-12-4-5-13(16)11(9-12)3-2-7-18/h4-5,9-10,14,18H,6-8H2,1H3,(H,17,19). The van der Waals surface area contributed by atoms with Crippen molar-refractivity contribution in [2.45, 2.75) is 19.4 Å². The second-order valence-electron chi connectivity index (χ2n) is 4.70. The molecule has 2 atom stereocenters. The van der Waals surface area contributed by atoms with Crippen molar-refractivity contribution in [3.05, 3.63) is 29.6 Å². The Hall–Kier alpha value is -1.90. The summed E-state index contributed by atoms with van der Waals surface area (Å²) in [6.45, 7) is 2.19.